The Kier molecular flexibility index (Phi) is 10.4. The highest BCUT2D eigenvalue weighted by molar-refractivity contribution is 7.99. The summed E-state index contributed by atoms with van der Waals surface area (Å²) < 4.78 is 10.9. The molecule has 0 radical (unpaired) electrons. The predicted molar refractivity (Wildman–Crippen MR) is 165 cm³/mol. The van der Waals surface area contributed by atoms with Crippen LogP contribution < -0.4 is 5.32 Å². The molecule has 1 aliphatic heterocycles. The minimum Gasteiger partial charge on any atom is -0.392 e. The van der Waals surface area contributed by atoms with E-state index in [0.717, 1.165) is 33.4 Å². The van der Waals surface area contributed by atoms with Gasteiger partial charge in [0.1, 0.15) is 0 Å². The van der Waals surface area contributed by atoms with Crippen molar-refractivity contribution in [2.24, 2.45) is 0 Å². The second-order valence-electron chi connectivity index (χ2n) is 9.65. The van der Waals surface area contributed by atoms with Crippen LogP contribution in [0.1, 0.15) is 41.1 Å². The van der Waals surface area contributed by atoms with Crippen LogP contribution in [0.15, 0.2) is 96.4 Å². The van der Waals surface area contributed by atoms with Crippen LogP contribution in [0.5, 0.6) is 0 Å². The van der Waals surface area contributed by atoms with Crippen LogP contribution in [0.3, 0.4) is 0 Å². The molecule has 0 aliphatic carbocycles. The molecule has 0 saturated carbocycles. The number of aliphatic hydroxyl groups excluding tert-OH is 1. The molecule has 0 bridgehead atoms. The molecule has 4 aromatic rings. The Morgan fingerprint density at radius 1 is 0.929 bits per heavy atom. The highest BCUT2D eigenvalue weighted by Crippen LogP contribution is 2.40. The fourth-order valence-electron chi connectivity index (χ4n) is 4.60. The van der Waals surface area contributed by atoms with Crippen LogP contribution in [0.25, 0.3) is 11.1 Å². The molecule has 1 aliphatic rings. The molecule has 7 nitrogen and oxygen atoms in total. The van der Waals surface area contributed by atoms with Crippen molar-refractivity contribution in [3.63, 3.8) is 0 Å². The van der Waals surface area contributed by atoms with Crippen molar-refractivity contribution < 1.29 is 19.4 Å². The lowest BCUT2D eigenvalue weighted by Gasteiger charge is -2.36. The number of rotatable bonds is 9. The molecule has 42 heavy (non-hydrogen) atoms. The smallest absolute Gasteiger partial charge is 0.272 e. The molecule has 0 spiro atoms. The second kappa shape index (κ2) is 14.2. The summed E-state index contributed by atoms with van der Waals surface area (Å²) in [5, 5.41) is 12.8. The number of hydrogen-bond acceptors (Lipinski definition) is 7. The molecular formula is C31H28Cl3N3O4S. The summed E-state index contributed by atoms with van der Waals surface area (Å²) in [4.78, 5) is 20.7. The first-order chi connectivity index (χ1) is 20.3. The number of carbonyl (C=O) groups is 1. The van der Waals surface area contributed by atoms with Gasteiger partial charge in [0.05, 0.1) is 18.8 Å². The quantitative estimate of drug-likeness (QED) is 0.116. The number of nitrogens with one attached hydrogen (secondary N) is 1. The van der Waals surface area contributed by atoms with Gasteiger partial charge in [-0.1, -0.05) is 119 Å². The number of thioether (sulfide) groups is 1. The van der Waals surface area contributed by atoms with Crippen LogP contribution >= 0.6 is 46.6 Å². The SMILES string of the molecule is O=C(NCc1ccccc1-c1ccc(C2OC(CSc3ncccn3)CC(c3ccc(CO)cc3)O2)cc1)C(Cl)(Cl)Cl. The summed E-state index contributed by atoms with van der Waals surface area (Å²) >= 11 is 18.6. The summed E-state index contributed by atoms with van der Waals surface area (Å²) in [5.41, 5.74) is 5.52. The first kappa shape index (κ1) is 30.8. The van der Waals surface area contributed by atoms with Gasteiger partial charge in [0.25, 0.3) is 9.70 Å². The highest BCUT2D eigenvalue weighted by atomic mass is 35.6. The predicted octanol–water partition coefficient (Wildman–Crippen LogP) is 6.96. The van der Waals surface area contributed by atoms with Gasteiger partial charge in [0, 0.05) is 36.7 Å². The van der Waals surface area contributed by atoms with Crippen molar-refractivity contribution >= 4 is 52.5 Å². The maximum Gasteiger partial charge on any atom is 0.272 e. The maximum absolute atomic E-state index is 12.1. The fraction of sp³-hybridized carbons (Fsp3) is 0.258. The van der Waals surface area contributed by atoms with E-state index >= 15 is 0 Å². The molecule has 3 aromatic carbocycles. The van der Waals surface area contributed by atoms with Crippen molar-refractivity contribution in [3.8, 4) is 11.1 Å². The van der Waals surface area contributed by atoms with Gasteiger partial charge in [-0.3, -0.25) is 4.79 Å². The van der Waals surface area contributed by atoms with Gasteiger partial charge in [-0.25, -0.2) is 9.97 Å². The summed E-state index contributed by atoms with van der Waals surface area (Å²) in [6.07, 6.45) is 3.23. The number of carbonyl (C=O) groups excluding carboxylic acids is 1. The number of halogens is 3. The standard InChI is InChI=1S/C31H28Cl3N3O4S/c32-31(33,34)29(39)37-17-24-4-1-2-5-26(24)21-10-12-23(13-11-21)28-40-25(19-42-30-35-14-3-15-36-30)16-27(41-28)22-8-6-20(18-38)7-9-22/h1-15,25,27-28,38H,16-19H2,(H,37,39). The van der Waals surface area contributed by atoms with E-state index in [0.29, 0.717) is 17.3 Å². The lowest BCUT2D eigenvalue weighted by atomic mass is 9.98. The first-order valence-electron chi connectivity index (χ1n) is 13.2. The van der Waals surface area contributed by atoms with Gasteiger partial charge in [-0.05, 0) is 33.9 Å². The van der Waals surface area contributed by atoms with E-state index in [2.05, 4.69) is 15.3 Å². The molecule has 218 valence electrons. The van der Waals surface area contributed by atoms with Gasteiger partial charge in [0.15, 0.2) is 11.4 Å². The van der Waals surface area contributed by atoms with Crippen LogP contribution in [-0.2, 0) is 27.4 Å². The van der Waals surface area contributed by atoms with Gasteiger partial charge < -0.3 is 19.9 Å². The van der Waals surface area contributed by atoms with Crippen molar-refractivity contribution in [1.29, 1.82) is 0 Å². The number of amides is 1. The van der Waals surface area contributed by atoms with Crippen LogP contribution in [0.2, 0.25) is 0 Å². The third kappa shape index (κ3) is 8.02. The number of aromatic nitrogens is 2. The third-order valence-electron chi connectivity index (χ3n) is 6.76. The topological polar surface area (TPSA) is 93.6 Å². The lowest BCUT2D eigenvalue weighted by molar-refractivity contribution is -0.245. The molecule has 5 rings (SSSR count). The van der Waals surface area contributed by atoms with E-state index in [9.17, 15) is 9.90 Å². The summed E-state index contributed by atoms with van der Waals surface area (Å²) in [5.74, 6) is -0.0168. The Morgan fingerprint density at radius 2 is 1.62 bits per heavy atom. The van der Waals surface area contributed by atoms with Crippen molar-refractivity contribution in [1.82, 2.24) is 15.3 Å². The van der Waals surface area contributed by atoms with E-state index < -0.39 is 16.0 Å². The Morgan fingerprint density at radius 3 is 2.31 bits per heavy atom. The van der Waals surface area contributed by atoms with E-state index in [-0.39, 0.29) is 25.4 Å². The van der Waals surface area contributed by atoms with E-state index in [1.54, 1.807) is 30.2 Å². The van der Waals surface area contributed by atoms with E-state index in [4.69, 9.17) is 44.3 Å². The molecule has 2 heterocycles. The van der Waals surface area contributed by atoms with Crippen LogP contribution in [0, 0.1) is 0 Å². The number of nitrogens with zero attached hydrogens (tertiary/aromatic N) is 2. The normalized spacial score (nSPS) is 18.9. The molecular weight excluding hydrogens is 617 g/mol. The fourth-order valence-corrected chi connectivity index (χ4v) is 5.62. The van der Waals surface area contributed by atoms with E-state index in [1.807, 2.05) is 72.8 Å². The molecule has 1 amide bonds. The Bertz CT molecular complexity index is 1470. The average molecular weight is 645 g/mol. The largest absolute Gasteiger partial charge is 0.392 e. The van der Waals surface area contributed by atoms with Gasteiger partial charge >= 0.3 is 0 Å². The zero-order valence-corrected chi connectivity index (χ0v) is 25.4. The number of hydrogen-bond donors (Lipinski definition) is 2. The third-order valence-corrected chi connectivity index (χ3v) is 8.29. The first-order valence-corrected chi connectivity index (χ1v) is 15.4. The summed E-state index contributed by atoms with van der Waals surface area (Å²) in [6, 6.07) is 25.3. The Labute approximate surface area is 263 Å². The number of aliphatic hydroxyl groups is 1. The summed E-state index contributed by atoms with van der Waals surface area (Å²) in [6.45, 7) is 0.198. The molecule has 1 fully saturated rings. The molecule has 11 heteroatoms. The zero-order valence-electron chi connectivity index (χ0n) is 22.3. The average Bonchev–Trinajstić information content (AvgIpc) is 3.03. The Balaban J connectivity index is 1.34. The minimum absolute atomic E-state index is 0.0113. The number of alkyl halides is 3. The Hall–Kier alpha value is -2.69. The van der Waals surface area contributed by atoms with Gasteiger partial charge in [0.2, 0.25) is 0 Å². The van der Waals surface area contributed by atoms with Crippen LogP contribution in [0.4, 0.5) is 0 Å². The van der Waals surface area contributed by atoms with Crippen molar-refractivity contribution in [3.05, 3.63) is 114 Å². The molecule has 1 saturated heterocycles. The molecule has 2 N–H and O–H groups in total. The van der Waals surface area contributed by atoms with Crippen molar-refractivity contribution in [2.45, 2.75) is 47.0 Å². The monoisotopic (exact) mass is 643 g/mol. The minimum atomic E-state index is -2.03. The van der Waals surface area contributed by atoms with Gasteiger partial charge in [-0.2, -0.15) is 0 Å². The van der Waals surface area contributed by atoms with Crippen LogP contribution in [-0.4, -0.2) is 36.6 Å². The summed E-state index contributed by atoms with van der Waals surface area (Å²) in [7, 11) is 0. The lowest BCUT2D eigenvalue weighted by Crippen LogP contribution is -2.34. The number of ether oxygens (including phenoxy) is 2. The van der Waals surface area contributed by atoms with E-state index in [1.165, 1.54) is 0 Å². The molecule has 3 unspecified atom stereocenters. The second-order valence-corrected chi connectivity index (χ2v) is 12.9. The highest BCUT2D eigenvalue weighted by Gasteiger charge is 2.33. The molecule has 3 atom stereocenters. The number of benzene rings is 3. The molecule has 1 aromatic heterocycles. The maximum atomic E-state index is 12.1. The van der Waals surface area contributed by atoms with Crippen molar-refractivity contribution in [2.75, 3.05) is 5.75 Å². The van der Waals surface area contributed by atoms with Gasteiger partial charge in [-0.15, -0.1) is 0 Å². The zero-order chi connectivity index (χ0) is 29.5.